The Morgan fingerprint density at radius 3 is 2.81 bits per heavy atom. The normalized spacial score (nSPS) is 15.4. The first kappa shape index (κ1) is 11.1. The maximum absolute atomic E-state index is 12.1. The molecule has 0 aliphatic carbocycles. The second-order valence-corrected chi connectivity index (χ2v) is 4.08. The summed E-state index contributed by atoms with van der Waals surface area (Å²) in [6.07, 6.45) is 2.24. The number of carbonyl (C=O) groups excluding carboxylic acids is 1. The largest absolute Gasteiger partial charge is 0.339 e. The Kier molecular flexibility index (Phi) is 3.54. The molecule has 1 fully saturated rings. The molecule has 1 aromatic carbocycles. The minimum Gasteiger partial charge on any atom is -0.339 e. The number of benzene rings is 1. The molecule has 0 saturated carbocycles. The van der Waals surface area contributed by atoms with Gasteiger partial charge in [-0.25, -0.2) is 0 Å². The third-order valence-corrected chi connectivity index (χ3v) is 2.87. The van der Waals surface area contributed by atoms with Crippen LogP contribution in [0.2, 0.25) is 0 Å². The van der Waals surface area contributed by atoms with Gasteiger partial charge in [-0.3, -0.25) is 16.1 Å². The standard InChI is InChI=1S/C12H17N3O/c13-14-9-10-4-3-5-11(8-10)12(16)15-6-1-2-7-15/h3-5,8,14H,1-2,6-7,9,13H2. The van der Waals surface area contributed by atoms with Gasteiger partial charge >= 0.3 is 0 Å². The van der Waals surface area contributed by atoms with Gasteiger partial charge in [0.05, 0.1) is 0 Å². The minimum atomic E-state index is 0.136. The van der Waals surface area contributed by atoms with Gasteiger partial charge in [-0.1, -0.05) is 12.1 Å². The van der Waals surface area contributed by atoms with Crippen molar-refractivity contribution >= 4 is 5.91 Å². The van der Waals surface area contributed by atoms with Crippen molar-refractivity contribution in [3.05, 3.63) is 35.4 Å². The molecule has 86 valence electrons. The lowest BCUT2D eigenvalue weighted by Gasteiger charge is -2.15. The topological polar surface area (TPSA) is 58.4 Å². The molecule has 4 nitrogen and oxygen atoms in total. The number of hydrogen-bond acceptors (Lipinski definition) is 3. The van der Waals surface area contributed by atoms with E-state index >= 15 is 0 Å². The number of carbonyl (C=O) groups is 1. The number of likely N-dealkylation sites (tertiary alicyclic amines) is 1. The molecular formula is C12H17N3O. The Balaban J connectivity index is 2.12. The van der Waals surface area contributed by atoms with Gasteiger partial charge in [0, 0.05) is 25.2 Å². The summed E-state index contributed by atoms with van der Waals surface area (Å²) in [6.45, 7) is 2.36. The van der Waals surface area contributed by atoms with Crippen molar-refractivity contribution in [3.63, 3.8) is 0 Å². The molecule has 1 saturated heterocycles. The zero-order chi connectivity index (χ0) is 11.4. The average molecular weight is 219 g/mol. The lowest BCUT2D eigenvalue weighted by Crippen LogP contribution is -2.28. The second-order valence-electron chi connectivity index (χ2n) is 4.08. The lowest BCUT2D eigenvalue weighted by atomic mass is 10.1. The molecule has 3 N–H and O–H groups in total. The fraction of sp³-hybridized carbons (Fsp3) is 0.417. The van der Waals surface area contributed by atoms with Crippen molar-refractivity contribution in [2.75, 3.05) is 13.1 Å². The Hall–Kier alpha value is -1.39. The second kappa shape index (κ2) is 5.09. The fourth-order valence-corrected chi connectivity index (χ4v) is 2.03. The zero-order valence-electron chi connectivity index (χ0n) is 9.28. The Labute approximate surface area is 95.4 Å². The molecular weight excluding hydrogens is 202 g/mol. The molecule has 0 radical (unpaired) electrons. The van der Waals surface area contributed by atoms with Gasteiger partial charge < -0.3 is 4.90 Å². The number of nitrogens with zero attached hydrogens (tertiary/aromatic N) is 1. The maximum atomic E-state index is 12.1. The highest BCUT2D eigenvalue weighted by atomic mass is 16.2. The van der Waals surface area contributed by atoms with Crippen LogP contribution in [0.25, 0.3) is 0 Å². The zero-order valence-corrected chi connectivity index (χ0v) is 9.28. The molecule has 0 unspecified atom stereocenters. The Bertz CT molecular complexity index is 372. The number of rotatable bonds is 3. The Morgan fingerprint density at radius 1 is 1.38 bits per heavy atom. The molecule has 1 aromatic rings. The summed E-state index contributed by atoms with van der Waals surface area (Å²) in [5, 5.41) is 0. The molecule has 0 spiro atoms. The van der Waals surface area contributed by atoms with E-state index in [0.717, 1.165) is 37.1 Å². The van der Waals surface area contributed by atoms with Crippen molar-refractivity contribution in [1.82, 2.24) is 10.3 Å². The molecule has 0 bridgehead atoms. The van der Waals surface area contributed by atoms with Crippen LogP contribution >= 0.6 is 0 Å². The first-order chi connectivity index (χ1) is 7.81. The number of hydrazine groups is 1. The van der Waals surface area contributed by atoms with E-state index in [2.05, 4.69) is 5.43 Å². The summed E-state index contributed by atoms with van der Waals surface area (Å²) in [4.78, 5) is 14.0. The SMILES string of the molecule is NNCc1cccc(C(=O)N2CCCC2)c1. The number of nitrogens with one attached hydrogen (secondary N) is 1. The van der Waals surface area contributed by atoms with Gasteiger partial charge in [-0.05, 0) is 30.5 Å². The highest BCUT2D eigenvalue weighted by Gasteiger charge is 2.19. The predicted octanol–water partition coefficient (Wildman–Crippen LogP) is 0.886. The van der Waals surface area contributed by atoms with E-state index in [1.54, 1.807) is 0 Å². The third-order valence-electron chi connectivity index (χ3n) is 2.87. The molecule has 0 aromatic heterocycles. The van der Waals surface area contributed by atoms with Crippen LogP contribution in [0, 0.1) is 0 Å². The molecule has 1 heterocycles. The van der Waals surface area contributed by atoms with E-state index in [4.69, 9.17) is 5.84 Å². The van der Waals surface area contributed by atoms with E-state index in [9.17, 15) is 4.79 Å². The number of amides is 1. The van der Waals surface area contributed by atoms with Gasteiger partial charge in [-0.15, -0.1) is 0 Å². The van der Waals surface area contributed by atoms with Crippen molar-refractivity contribution in [3.8, 4) is 0 Å². The van der Waals surface area contributed by atoms with Crippen LogP contribution in [0.3, 0.4) is 0 Å². The lowest BCUT2D eigenvalue weighted by molar-refractivity contribution is 0.0792. The van der Waals surface area contributed by atoms with E-state index in [1.165, 1.54) is 0 Å². The van der Waals surface area contributed by atoms with Crippen molar-refractivity contribution in [1.29, 1.82) is 0 Å². The molecule has 2 rings (SSSR count). The average Bonchev–Trinajstić information content (AvgIpc) is 2.82. The number of hydrogen-bond donors (Lipinski definition) is 2. The molecule has 16 heavy (non-hydrogen) atoms. The predicted molar refractivity (Wildman–Crippen MR) is 62.6 cm³/mol. The summed E-state index contributed by atoms with van der Waals surface area (Å²) in [5.41, 5.74) is 4.39. The van der Waals surface area contributed by atoms with Crippen LogP contribution < -0.4 is 11.3 Å². The minimum absolute atomic E-state index is 0.136. The molecule has 1 aliphatic heterocycles. The van der Waals surface area contributed by atoms with E-state index in [-0.39, 0.29) is 5.91 Å². The van der Waals surface area contributed by atoms with Crippen LogP contribution in [0.4, 0.5) is 0 Å². The van der Waals surface area contributed by atoms with E-state index < -0.39 is 0 Å². The summed E-state index contributed by atoms with van der Waals surface area (Å²) < 4.78 is 0. The van der Waals surface area contributed by atoms with Crippen LogP contribution in [-0.4, -0.2) is 23.9 Å². The number of nitrogens with two attached hydrogens (primary N) is 1. The van der Waals surface area contributed by atoms with Crippen molar-refractivity contribution in [2.24, 2.45) is 5.84 Å². The first-order valence-electron chi connectivity index (χ1n) is 5.63. The molecule has 4 heteroatoms. The van der Waals surface area contributed by atoms with Crippen LogP contribution in [0.5, 0.6) is 0 Å². The summed E-state index contributed by atoms with van der Waals surface area (Å²) in [5.74, 6) is 5.40. The van der Waals surface area contributed by atoms with Crippen LogP contribution in [-0.2, 0) is 6.54 Å². The third kappa shape index (κ3) is 2.40. The highest BCUT2D eigenvalue weighted by molar-refractivity contribution is 5.94. The fourth-order valence-electron chi connectivity index (χ4n) is 2.03. The van der Waals surface area contributed by atoms with Crippen LogP contribution in [0.15, 0.2) is 24.3 Å². The summed E-state index contributed by atoms with van der Waals surface area (Å²) in [6, 6.07) is 7.62. The van der Waals surface area contributed by atoms with Crippen molar-refractivity contribution < 1.29 is 4.79 Å². The first-order valence-corrected chi connectivity index (χ1v) is 5.63. The van der Waals surface area contributed by atoms with Gasteiger partial charge in [0.1, 0.15) is 0 Å². The monoisotopic (exact) mass is 219 g/mol. The van der Waals surface area contributed by atoms with E-state index in [1.807, 2.05) is 29.2 Å². The van der Waals surface area contributed by atoms with Crippen LogP contribution in [0.1, 0.15) is 28.8 Å². The highest BCUT2D eigenvalue weighted by Crippen LogP contribution is 2.13. The Morgan fingerprint density at radius 2 is 2.12 bits per heavy atom. The van der Waals surface area contributed by atoms with Gasteiger partial charge in [0.25, 0.3) is 5.91 Å². The summed E-state index contributed by atoms with van der Waals surface area (Å²) >= 11 is 0. The smallest absolute Gasteiger partial charge is 0.253 e. The molecule has 0 atom stereocenters. The van der Waals surface area contributed by atoms with Gasteiger partial charge in [0.15, 0.2) is 0 Å². The van der Waals surface area contributed by atoms with Crippen molar-refractivity contribution in [2.45, 2.75) is 19.4 Å². The summed E-state index contributed by atoms with van der Waals surface area (Å²) in [7, 11) is 0. The molecule has 1 aliphatic rings. The van der Waals surface area contributed by atoms with E-state index in [0.29, 0.717) is 6.54 Å². The van der Waals surface area contributed by atoms with Gasteiger partial charge in [0.2, 0.25) is 0 Å². The van der Waals surface area contributed by atoms with Gasteiger partial charge in [-0.2, -0.15) is 0 Å². The maximum Gasteiger partial charge on any atom is 0.253 e. The quantitative estimate of drug-likeness (QED) is 0.586. The molecule has 1 amide bonds.